The van der Waals surface area contributed by atoms with E-state index in [9.17, 15) is 22.8 Å². The molecule has 0 radical (unpaired) electrons. The molecule has 2 unspecified atom stereocenters. The van der Waals surface area contributed by atoms with Crippen molar-refractivity contribution in [3.05, 3.63) is 35.4 Å². The number of hydrogen-bond donors (Lipinski definition) is 3. The van der Waals surface area contributed by atoms with Gasteiger partial charge in [-0.2, -0.15) is 13.2 Å². The normalized spacial score (nSPS) is 23.7. The molecule has 2 atom stereocenters. The van der Waals surface area contributed by atoms with Crippen LogP contribution in [-0.4, -0.2) is 59.9 Å². The maximum Gasteiger partial charge on any atom is 0.404 e. The lowest BCUT2D eigenvalue weighted by Crippen LogP contribution is -2.47. The maximum atomic E-state index is 12.5. The Hall–Kier alpha value is -2.29. The average Bonchev–Trinajstić information content (AvgIpc) is 3.34. The second-order valence-electron chi connectivity index (χ2n) is 7.16. The molecule has 3 N–H and O–H groups in total. The molecule has 1 aromatic carbocycles. The van der Waals surface area contributed by atoms with E-state index in [4.69, 9.17) is 5.11 Å². The molecule has 1 aliphatic carbocycles. The molecule has 3 rings (SSSR count). The molecule has 0 bridgehead atoms. The highest BCUT2D eigenvalue weighted by atomic mass is 19.4. The molecule has 148 valence electrons. The standard InChI is InChI=1S/C18H22F3N3O3/c19-18(20,21)10-24-6-4-13(5-7-24)22-16(25)12-3-1-2-11(8-12)14-9-15(14)23-17(26)27/h1-3,8,13-15,23H,4-7,9-10H2,(H,22,25)(H,26,27). The molecule has 1 aromatic rings. The fraction of sp³-hybridized carbons (Fsp3) is 0.556. The minimum atomic E-state index is -4.20. The molecule has 1 saturated carbocycles. The molecule has 2 fully saturated rings. The molecular weight excluding hydrogens is 363 g/mol. The Morgan fingerprint density at radius 3 is 2.52 bits per heavy atom. The van der Waals surface area contributed by atoms with Gasteiger partial charge in [0.1, 0.15) is 0 Å². The van der Waals surface area contributed by atoms with Crippen LogP contribution in [0.15, 0.2) is 24.3 Å². The third-order valence-electron chi connectivity index (χ3n) is 5.00. The van der Waals surface area contributed by atoms with Gasteiger partial charge in [-0.3, -0.25) is 9.69 Å². The highest BCUT2D eigenvalue weighted by Gasteiger charge is 2.39. The number of carbonyl (C=O) groups excluding carboxylic acids is 1. The van der Waals surface area contributed by atoms with Crippen LogP contribution in [-0.2, 0) is 0 Å². The van der Waals surface area contributed by atoms with Crippen molar-refractivity contribution in [2.45, 2.75) is 43.4 Å². The second-order valence-corrected chi connectivity index (χ2v) is 7.16. The van der Waals surface area contributed by atoms with Gasteiger partial charge in [-0.15, -0.1) is 0 Å². The Kier molecular flexibility index (Phi) is 5.59. The van der Waals surface area contributed by atoms with Crippen LogP contribution in [0.2, 0.25) is 0 Å². The Labute approximate surface area is 154 Å². The van der Waals surface area contributed by atoms with E-state index >= 15 is 0 Å². The number of amides is 2. The summed E-state index contributed by atoms with van der Waals surface area (Å²) in [6.45, 7) is -0.313. The molecular formula is C18H22F3N3O3. The van der Waals surface area contributed by atoms with Crippen LogP contribution < -0.4 is 10.6 Å². The number of benzene rings is 1. The zero-order valence-electron chi connectivity index (χ0n) is 14.6. The van der Waals surface area contributed by atoms with Crippen molar-refractivity contribution in [2.24, 2.45) is 0 Å². The largest absolute Gasteiger partial charge is 0.465 e. The Bertz CT molecular complexity index is 703. The monoisotopic (exact) mass is 385 g/mol. The molecule has 0 spiro atoms. The summed E-state index contributed by atoms with van der Waals surface area (Å²) in [7, 11) is 0. The first-order valence-electron chi connectivity index (χ1n) is 8.90. The zero-order valence-corrected chi connectivity index (χ0v) is 14.6. The summed E-state index contributed by atoms with van der Waals surface area (Å²) in [5.74, 6) is -0.186. The minimum Gasteiger partial charge on any atom is -0.465 e. The van der Waals surface area contributed by atoms with Gasteiger partial charge in [0, 0.05) is 36.7 Å². The number of carbonyl (C=O) groups is 2. The van der Waals surface area contributed by atoms with Crippen molar-refractivity contribution < 1.29 is 27.9 Å². The number of hydrogen-bond acceptors (Lipinski definition) is 3. The van der Waals surface area contributed by atoms with E-state index in [1.165, 1.54) is 4.90 Å². The predicted molar refractivity (Wildman–Crippen MR) is 91.7 cm³/mol. The van der Waals surface area contributed by atoms with Gasteiger partial charge in [0.05, 0.1) is 6.54 Å². The molecule has 1 saturated heterocycles. The molecule has 1 heterocycles. The number of carboxylic acid groups (broad SMARTS) is 1. The van der Waals surface area contributed by atoms with Gasteiger partial charge in [0.25, 0.3) is 5.91 Å². The number of piperidine rings is 1. The van der Waals surface area contributed by atoms with Crippen LogP contribution in [0.1, 0.15) is 41.1 Å². The van der Waals surface area contributed by atoms with E-state index < -0.39 is 18.8 Å². The number of alkyl halides is 3. The average molecular weight is 385 g/mol. The van der Waals surface area contributed by atoms with E-state index in [1.54, 1.807) is 18.2 Å². The fourth-order valence-corrected chi connectivity index (χ4v) is 3.55. The van der Waals surface area contributed by atoms with Crippen molar-refractivity contribution in [1.29, 1.82) is 0 Å². The summed E-state index contributed by atoms with van der Waals surface area (Å²) < 4.78 is 37.3. The maximum absolute atomic E-state index is 12.5. The number of rotatable bonds is 5. The van der Waals surface area contributed by atoms with E-state index in [-0.39, 0.29) is 23.9 Å². The van der Waals surface area contributed by atoms with Crippen LogP contribution in [0.3, 0.4) is 0 Å². The first-order valence-corrected chi connectivity index (χ1v) is 8.90. The number of nitrogens with zero attached hydrogens (tertiary/aromatic N) is 1. The van der Waals surface area contributed by atoms with Gasteiger partial charge >= 0.3 is 12.3 Å². The first kappa shape index (κ1) is 19.5. The van der Waals surface area contributed by atoms with E-state index in [0.717, 1.165) is 5.56 Å². The minimum absolute atomic E-state index is 0.0689. The van der Waals surface area contributed by atoms with Crippen molar-refractivity contribution in [3.63, 3.8) is 0 Å². The summed E-state index contributed by atoms with van der Waals surface area (Å²) in [5, 5.41) is 14.1. The van der Waals surface area contributed by atoms with Crippen LogP contribution in [0.4, 0.5) is 18.0 Å². The van der Waals surface area contributed by atoms with Crippen LogP contribution in [0.25, 0.3) is 0 Å². The van der Waals surface area contributed by atoms with Crippen molar-refractivity contribution in [3.8, 4) is 0 Å². The summed E-state index contributed by atoms with van der Waals surface area (Å²) in [6, 6.07) is 6.78. The Morgan fingerprint density at radius 1 is 1.19 bits per heavy atom. The van der Waals surface area contributed by atoms with Crippen molar-refractivity contribution in [2.75, 3.05) is 19.6 Å². The van der Waals surface area contributed by atoms with Crippen molar-refractivity contribution in [1.82, 2.24) is 15.5 Å². The molecule has 2 aliphatic rings. The Morgan fingerprint density at radius 2 is 1.89 bits per heavy atom. The fourth-order valence-electron chi connectivity index (χ4n) is 3.55. The summed E-state index contributed by atoms with van der Waals surface area (Å²) in [5.41, 5.74) is 1.38. The lowest BCUT2D eigenvalue weighted by Gasteiger charge is -2.32. The highest BCUT2D eigenvalue weighted by Crippen LogP contribution is 2.40. The predicted octanol–water partition coefficient (Wildman–Crippen LogP) is 2.57. The smallest absolute Gasteiger partial charge is 0.404 e. The van der Waals surface area contributed by atoms with E-state index in [0.29, 0.717) is 37.9 Å². The molecule has 9 heteroatoms. The van der Waals surface area contributed by atoms with Gasteiger partial charge in [0.2, 0.25) is 0 Å². The molecule has 1 aliphatic heterocycles. The molecule has 27 heavy (non-hydrogen) atoms. The van der Waals surface area contributed by atoms with Crippen LogP contribution >= 0.6 is 0 Å². The highest BCUT2D eigenvalue weighted by molar-refractivity contribution is 5.94. The number of nitrogens with one attached hydrogen (secondary N) is 2. The summed E-state index contributed by atoms with van der Waals surface area (Å²) in [4.78, 5) is 24.5. The molecule has 2 amide bonds. The lowest BCUT2D eigenvalue weighted by molar-refractivity contribution is -0.148. The van der Waals surface area contributed by atoms with Gasteiger partial charge in [0.15, 0.2) is 0 Å². The van der Waals surface area contributed by atoms with Gasteiger partial charge in [-0.25, -0.2) is 4.79 Å². The van der Waals surface area contributed by atoms with Crippen LogP contribution in [0, 0.1) is 0 Å². The SMILES string of the molecule is O=C(O)NC1CC1c1cccc(C(=O)NC2CCN(CC(F)(F)F)CC2)c1. The number of likely N-dealkylation sites (tertiary alicyclic amines) is 1. The topological polar surface area (TPSA) is 81.7 Å². The molecule has 6 nitrogen and oxygen atoms in total. The van der Waals surface area contributed by atoms with E-state index in [1.807, 2.05) is 6.07 Å². The summed E-state index contributed by atoms with van der Waals surface area (Å²) >= 11 is 0. The van der Waals surface area contributed by atoms with Gasteiger partial charge < -0.3 is 15.7 Å². The third-order valence-corrected chi connectivity index (χ3v) is 5.00. The quantitative estimate of drug-likeness (QED) is 0.728. The van der Waals surface area contributed by atoms with Gasteiger partial charge in [-0.05, 0) is 37.0 Å². The van der Waals surface area contributed by atoms with E-state index in [2.05, 4.69) is 10.6 Å². The molecule has 0 aromatic heterocycles. The third kappa shape index (κ3) is 5.59. The zero-order chi connectivity index (χ0) is 19.6. The number of halogens is 3. The Balaban J connectivity index is 1.51. The lowest BCUT2D eigenvalue weighted by atomic mass is 10.0. The van der Waals surface area contributed by atoms with Gasteiger partial charge in [-0.1, -0.05) is 12.1 Å². The second kappa shape index (κ2) is 7.75. The van der Waals surface area contributed by atoms with Crippen LogP contribution in [0.5, 0.6) is 0 Å². The summed E-state index contributed by atoms with van der Waals surface area (Å²) in [6.07, 6.45) is -3.60. The van der Waals surface area contributed by atoms with Crippen molar-refractivity contribution >= 4 is 12.0 Å². The first-order chi connectivity index (χ1) is 12.7.